The fourth-order valence-corrected chi connectivity index (χ4v) is 8.61. The highest BCUT2D eigenvalue weighted by molar-refractivity contribution is 7.99. The van der Waals surface area contributed by atoms with Crippen LogP contribution in [-0.2, 0) is 37.3 Å². The van der Waals surface area contributed by atoms with E-state index in [1.165, 1.54) is 12.1 Å². The molecule has 0 saturated carbocycles. The van der Waals surface area contributed by atoms with E-state index < -0.39 is 28.3 Å². The fourth-order valence-electron chi connectivity index (χ4n) is 6.22. The molecule has 53 heavy (non-hydrogen) atoms. The van der Waals surface area contributed by atoms with Crippen LogP contribution < -0.4 is 14.8 Å². The lowest BCUT2D eigenvalue weighted by Crippen LogP contribution is -2.45. The largest absolute Gasteiger partial charge is 0.496 e. The molecule has 1 aliphatic heterocycles. The van der Waals surface area contributed by atoms with Crippen LogP contribution in [0, 0.1) is 12.8 Å². The summed E-state index contributed by atoms with van der Waals surface area (Å²) in [5.41, 5.74) is 4.66. The van der Waals surface area contributed by atoms with Crippen molar-refractivity contribution in [1.29, 1.82) is 0 Å². The number of sulfonamides is 1. The first-order valence-corrected chi connectivity index (χ1v) is 19.9. The van der Waals surface area contributed by atoms with Crippen LogP contribution in [0.1, 0.15) is 47.1 Å². The Hall–Kier alpha value is -4.49. The Labute approximate surface area is 315 Å². The molecule has 0 aromatic heterocycles. The number of methoxy groups -OCH3 is 1. The second-order valence-corrected chi connectivity index (χ2v) is 15.9. The molecule has 6 rings (SSSR count). The average Bonchev–Trinajstić information content (AvgIpc) is 3.18. The zero-order valence-corrected chi connectivity index (χ0v) is 31.5. The number of aryl methyl sites for hydroxylation is 1. The number of aliphatic hydroxyl groups is 1. The minimum atomic E-state index is -4.01. The van der Waals surface area contributed by atoms with Crippen LogP contribution in [0.15, 0.2) is 137 Å². The van der Waals surface area contributed by atoms with Gasteiger partial charge in [0.1, 0.15) is 11.8 Å². The van der Waals surface area contributed by atoms with Gasteiger partial charge in [-0.15, -0.1) is 11.8 Å². The number of rotatable bonds is 14. The number of hydrogen-bond donors (Lipinski definition) is 3. The number of thioether (sulfide) groups is 1. The standard InChI is InChI=1S/C42H44N2O7S2/c1-28-16-22-35(23-17-28)53(47,48)44-36(24-30-10-5-4-6-11-30)41(46)43-34-13-9-12-33(25-34)42-50-38(27-52-39-15-8-7-14-37(39)49-3)29(2)40(51-42)32-20-18-31(26-45)19-21-32/h4-23,25,29,36,38,40,42,44-45H,24,26-27H2,1-3H3,(H,43,46)/t29-,36+,38+,40+,42+/m0/s1. The first kappa shape index (κ1) is 38.2. The van der Waals surface area contributed by atoms with E-state index in [-0.39, 0.29) is 36.0 Å². The normalized spacial score (nSPS) is 19.3. The molecule has 5 aromatic rings. The molecule has 1 amide bonds. The predicted molar refractivity (Wildman–Crippen MR) is 207 cm³/mol. The number of carbonyl (C=O) groups is 1. The first-order chi connectivity index (χ1) is 25.6. The summed E-state index contributed by atoms with van der Waals surface area (Å²) in [4.78, 5) is 15.0. The van der Waals surface area contributed by atoms with Crippen LogP contribution in [0.3, 0.4) is 0 Å². The van der Waals surface area contributed by atoms with Gasteiger partial charge in [0.2, 0.25) is 15.9 Å². The van der Waals surface area contributed by atoms with E-state index >= 15 is 0 Å². The molecule has 0 spiro atoms. The van der Waals surface area contributed by atoms with Gasteiger partial charge in [-0.2, -0.15) is 4.72 Å². The van der Waals surface area contributed by atoms with Crippen molar-refractivity contribution >= 4 is 33.4 Å². The number of carbonyl (C=O) groups excluding carboxylic acids is 1. The van der Waals surface area contributed by atoms with Crippen molar-refractivity contribution < 1.29 is 32.5 Å². The number of anilines is 1. The summed E-state index contributed by atoms with van der Waals surface area (Å²) in [6.45, 7) is 3.93. The van der Waals surface area contributed by atoms with E-state index in [9.17, 15) is 18.3 Å². The molecule has 0 radical (unpaired) electrons. The smallest absolute Gasteiger partial charge is 0.242 e. The van der Waals surface area contributed by atoms with Crippen molar-refractivity contribution in [3.05, 3.63) is 155 Å². The minimum absolute atomic E-state index is 0.0309. The van der Waals surface area contributed by atoms with Crippen LogP contribution in [0.5, 0.6) is 5.75 Å². The Morgan fingerprint density at radius 2 is 1.57 bits per heavy atom. The second kappa shape index (κ2) is 17.6. The molecule has 9 nitrogen and oxygen atoms in total. The highest BCUT2D eigenvalue weighted by atomic mass is 32.2. The van der Waals surface area contributed by atoms with Gasteiger partial charge in [0.05, 0.1) is 30.8 Å². The first-order valence-electron chi connectivity index (χ1n) is 17.4. The second-order valence-electron chi connectivity index (χ2n) is 13.1. The highest BCUT2D eigenvalue weighted by Crippen LogP contribution is 2.44. The number of nitrogens with one attached hydrogen (secondary N) is 2. The van der Waals surface area contributed by atoms with Gasteiger partial charge in [0, 0.05) is 27.8 Å². The lowest BCUT2D eigenvalue weighted by Gasteiger charge is -2.41. The molecule has 0 aliphatic carbocycles. The van der Waals surface area contributed by atoms with Gasteiger partial charge < -0.3 is 24.6 Å². The predicted octanol–water partition coefficient (Wildman–Crippen LogP) is 7.61. The van der Waals surface area contributed by atoms with E-state index in [1.54, 1.807) is 43.1 Å². The van der Waals surface area contributed by atoms with E-state index in [0.717, 1.165) is 32.9 Å². The fraction of sp³-hybridized carbons (Fsp3) is 0.262. The molecule has 1 heterocycles. The number of benzene rings is 5. The number of ether oxygens (including phenoxy) is 3. The zero-order chi connectivity index (χ0) is 37.4. The summed E-state index contributed by atoms with van der Waals surface area (Å²) in [5.74, 6) is 0.885. The number of aliphatic hydroxyl groups excluding tert-OH is 1. The third-order valence-corrected chi connectivity index (χ3v) is 11.9. The molecule has 0 unspecified atom stereocenters. The van der Waals surface area contributed by atoms with Gasteiger partial charge in [0.15, 0.2) is 6.29 Å². The molecule has 276 valence electrons. The third-order valence-electron chi connectivity index (χ3n) is 9.25. The summed E-state index contributed by atoms with van der Waals surface area (Å²) in [7, 11) is -2.36. The Bertz CT molecular complexity index is 2080. The Kier molecular flexibility index (Phi) is 12.7. The van der Waals surface area contributed by atoms with Gasteiger partial charge >= 0.3 is 0 Å². The number of para-hydroxylation sites is 1. The molecule has 3 N–H and O–H groups in total. The van der Waals surface area contributed by atoms with Crippen LogP contribution in [0.2, 0.25) is 0 Å². The molecule has 11 heteroatoms. The molecule has 1 saturated heterocycles. The zero-order valence-electron chi connectivity index (χ0n) is 29.8. The van der Waals surface area contributed by atoms with E-state index in [2.05, 4.69) is 17.0 Å². The van der Waals surface area contributed by atoms with Crippen molar-refractivity contribution in [2.24, 2.45) is 5.92 Å². The number of amides is 1. The van der Waals surface area contributed by atoms with Gasteiger partial charge in [-0.1, -0.05) is 103 Å². The SMILES string of the molecule is COc1ccccc1SC[C@H]1O[C@@H](c2cccc(NC(=O)[C@@H](Cc3ccccc3)NS(=O)(=O)c3ccc(C)cc3)c2)O[C@@H](c2ccc(CO)cc2)[C@H]1C. The molecule has 5 aromatic carbocycles. The molecular formula is C42H44N2O7S2. The average molecular weight is 753 g/mol. The molecule has 1 fully saturated rings. The minimum Gasteiger partial charge on any atom is -0.496 e. The number of hydrogen-bond acceptors (Lipinski definition) is 8. The lowest BCUT2D eigenvalue weighted by molar-refractivity contribution is -0.268. The van der Waals surface area contributed by atoms with Crippen molar-refractivity contribution in [2.75, 3.05) is 18.2 Å². The van der Waals surface area contributed by atoms with Gasteiger partial charge in [-0.05, 0) is 66.4 Å². The van der Waals surface area contributed by atoms with Crippen molar-refractivity contribution in [3.63, 3.8) is 0 Å². The topological polar surface area (TPSA) is 123 Å². The molecule has 0 bridgehead atoms. The van der Waals surface area contributed by atoms with Crippen LogP contribution in [0.4, 0.5) is 5.69 Å². The lowest BCUT2D eigenvalue weighted by atomic mass is 9.91. The maximum absolute atomic E-state index is 13.9. The molecule has 1 aliphatic rings. The summed E-state index contributed by atoms with van der Waals surface area (Å²) in [6, 6.07) is 37.5. The van der Waals surface area contributed by atoms with E-state index in [1.807, 2.05) is 97.9 Å². The van der Waals surface area contributed by atoms with Gasteiger partial charge in [-0.3, -0.25) is 4.79 Å². The van der Waals surface area contributed by atoms with E-state index in [4.69, 9.17) is 14.2 Å². The Morgan fingerprint density at radius 3 is 2.28 bits per heavy atom. The van der Waals surface area contributed by atoms with Crippen molar-refractivity contribution in [1.82, 2.24) is 4.72 Å². The van der Waals surface area contributed by atoms with Gasteiger partial charge in [0.25, 0.3) is 0 Å². The van der Waals surface area contributed by atoms with E-state index in [0.29, 0.717) is 17.0 Å². The van der Waals surface area contributed by atoms with Crippen molar-refractivity contribution in [2.45, 2.75) is 61.2 Å². The van der Waals surface area contributed by atoms with Crippen LogP contribution in [0.25, 0.3) is 0 Å². The monoisotopic (exact) mass is 752 g/mol. The summed E-state index contributed by atoms with van der Waals surface area (Å²) >= 11 is 1.65. The third kappa shape index (κ3) is 9.74. The quantitative estimate of drug-likeness (QED) is 0.0992. The van der Waals surface area contributed by atoms with Crippen LogP contribution >= 0.6 is 11.8 Å². The molecular weight excluding hydrogens is 709 g/mol. The summed E-state index contributed by atoms with van der Waals surface area (Å²) in [6.07, 6.45) is -1.17. The molecule has 5 atom stereocenters. The van der Waals surface area contributed by atoms with Crippen molar-refractivity contribution in [3.8, 4) is 5.75 Å². The van der Waals surface area contributed by atoms with Gasteiger partial charge in [-0.25, -0.2) is 8.42 Å². The summed E-state index contributed by atoms with van der Waals surface area (Å²) in [5, 5.41) is 12.6. The Morgan fingerprint density at radius 1 is 0.849 bits per heavy atom. The maximum atomic E-state index is 13.9. The maximum Gasteiger partial charge on any atom is 0.242 e. The highest BCUT2D eigenvalue weighted by Gasteiger charge is 2.38. The summed E-state index contributed by atoms with van der Waals surface area (Å²) < 4.78 is 48.4. The Balaban J connectivity index is 1.24. The van der Waals surface area contributed by atoms with Crippen LogP contribution in [-0.4, -0.2) is 44.4 Å².